The fourth-order valence-corrected chi connectivity index (χ4v) is 3.48. The van der Waals surface area contributed by atoms with Gasteiger partial charge in [-0.05, 0) is 24.0 Å². The molecule has 1 aliphatic rings. The van der Waals surface area contributed by atoms with Gasteiger partial charge in [0, 0.05) is 27.2 Å². The van der Waals surface area contributed by atoms with E-state index in [0.29, 0.717) is 6.61 Å². The van der Waals surface area contributed by atoms with Crippen LogP contribution in [0.4, 0.5) is 0 Å². The highest BCUT2D eigenvalue weighted by atomic mass is 16.5. The lowest BCUT2D eigenvalue weighted by Crippen LogP contribution is -2.45. The van der Waals surface area contributed by atoms with Gasteiger partial charge in [0.05, 0.1) is 12.7 Å². The van der Waals surface area contributed by atoms with E-state index >= 15 is 0 Å². The maximum absolute atomic E-state index is 12.8. The number of benzene rings is 2. The van der Waals surface area contributed by atoms with Crippen molar-refractivity contribution in [3.05, 3.63) is 71.8 Å². The third-order valence-electron chi connectivity index (χ3n) is 4.96. The van der Waals surface area contributed by atoms with Crippen molar-refractivity contribution in [2.24, 2.45) is 0 Å². The van der Waals surface area contributed by atoms with E-state index in [-0.39, 0.29) is 18.1 Å². The smallest absolute Gasteiger partial charge is 0.244 e. The second kappa shape index (κ2) is 8.97. The van der Waals surface area contributed by atoms with Crippen LogP contribution in [0.5, 0.6) is 0 Å². The number of rotatable bonds is 6. The van der Waals surface area contributed by atoms with Crippen LogP contribution in [0.15, 0.2) is 60.7 Å². The van der Waals surface area contributed by atoms with E-state index in [1.165, 1.54) is 5.56 Å². The number of carbonyl (C=O) groups excluding carboxylic acids is 1. The molecule has 4 nitrogen and oxygen atoms in total. The molecule has 0 unspecified atom stereocenters. The summed E-state index contributed by atoms with van der Waals surface area (Å²) in [6.07, 6.45) is 2.17. The molecule has 0 saturated carbocycles. The highest BCUT2D eigenvalue weighted by molar-refractivity contribution is 5.82. The molecule has 0 aliphatic carbocycles. The average molecular weight is 352 g/mol. The van der Waals surface area contributed by atoms with Gasteiger partial charge in [0.2, 0.25) is 5.91 Å². The first-order valence-corrected chi connectivity index (χ1v) is 9.31. The molecule has 1 aliphatic heterocycles. The van der Waals surface area contributed by atoms with Crippen LogP contribution in [0, 0.1) is 0 Å². The van der Waals surface area contributed by atoms with Gasteiger partial charge < -0.3 is 9.64 Å². The predicted molar refractivity (Wildman–Crippen MR) is 104 cm³/mol. The summed E-state index contributed by atoms with van der Waals surface area (Å²) in [6.45, 7) is 2.40. The number of carbonyl (C=O) groups is 1. The first-order valence-electron chi connectivity index (χ1n) is 9.31. The molecule has 0 radical (unpaired) electrons. The van der Waals surface area contributed by atoms with Crippen LogP contribution in [0.3, 0.4) is 0 Å². The molecule has 4 heteroatoms. The molecule has 1 heterocycles. The summed E-state index contributed by atoms with van der Waals surface area (Å²) in [4.78, 5) is 16.8. The molecule has 0 spiro atoms. The summed E-state index contributed by atoms with van der Waals surface area (Å²) >= 11 is 0. The van der Waals surface area contributed by atoms with Crippen molar-refractivity contribution >= 4 is 5.91 Å². The van der Waals surface area contributed by atoms with Gasteiger partial charge in [0.25, 0.3) is 0 Å². The van der Waals surface area contributed by atoms with E-state index in [1.807, 2.05) is 62.6 Å². The van der Waals surface area contributed by atoms with Crippen molar-refractivity contribution < 1.29 is 9.53 Å². The molecule has 1 saturated heterocycles. The second-order valence-corrected chi connectivity index (χ2v) is 7.08. The highest BCUT2D eigenvalue weighted by Gasteiger charge is 2.32. The number of likely N-dealkylation sites (N-methyl/N-ethyl adjacent to an activating group) is 1. The van der Waals surface area contributed by atoms with E-state index in [2.05, 4.69) is 17.0 Å². The number of piperidine rings is 1. The highest BCUT2D eigenvalue weighted by Crippen LogP contribution is 2.27. The summed E-state index contributed by atoms with van der Waals surface area (Å²) in [5, 5.41) is 0. The third-order valence-corrected chi connectivity index (χ3v) is 4.96. The van der Waals surface area contributed by atoms with E-state index in [0.717, 1.165) is 31.5 Å². The normalized spacial score (nSPS) is 17.0. The van der Waals surface area contributed by atoms with Gasteiger partial charge in [-0.1, -0.05) is 60.7 Å². The minimum atomic E-state index is -0.207. The van der Waals surface area contributed by atoms with E-state index in [1.54, 1.807) is 4.90 Å². The van der Waals surface area contributed by atoms with Crippen molar-refractivity contribution in [3.8, 4) is 0 Å². The molecule has 138 valence electrons. The molecule has 2 aromatic carbocycles. The number of nitrogens with zero attached hydrogens (tertiary/aromatic N) is 2. The number of hydrogen-bond donors (Lipinski definition) is 0. The molecule has 1 fully saturated rings. The summed E-state index contributed by atoms with van der Waals surface area (Å²) in [5.74, 6) is 0.139. The SMILES string of the molecule is CN(C)C(=O)[C@H](c1ccccc1)N1CCC(OCc2ccccc2)CC1. The quantitative estimate of drug-likeness (QED) is 0.798. The molecule has 1 atom stereocenters. The topological polar surface area (TPSA) is 32.8 Å². The van der Waals surface area contributed by atoms with Crippen LogP contribution in [0.2, 0.25) is 0 Å². The van der Waals surface area contributed by atoms with E-state index < -0.39 is 0 Å². The molecule has 0 N–H and O–H groups in total. The maximum Gasteiger partial charge on any atom is 0.244 e. The van der Waals surface area contributed by atoms with Gasteiger partial charge in [0.15, 0.2) is 0 Å². The zero-order chi connectivity index (χ0) is 18.4. The Balaban J connectivity index is 1.60. The molecular formula is C22H28N2O2. The Morgan fingerprint density at radius 3 is 2.19 bits per heavy atom. The van der Waals surface area contributed by atoms with Gasteiger partial charge in [-0.2, -0.15) is 0 Å². The van der Waals surface area contributed by atoms with Gasteiger partial charge in [0.1, 0.15) is 6.04 Å². The zero-order valence-corrected chi connectivity index (χ0v) is 15.7. The number of hydrogen-bond acceptors (Lipinski definition) is 3. The minimum absolute atomic E-state index is 0.139. The largest absolute Gasteiger partial charge is 0.373 e. The third kappa shape index (κ3) is 4.71. The monoisotopic (exact) mass is 352 g/mol. The van der Waals surface area contributed by atoms with Crippen LogP contribution in [0.25, 0.3) is 0 Å². The lowest BCUT2D eigenvalue weighted by atomic mass is 9.99. The fourth-order valence-electron chi connectivity index (χ4n) is 3.48. The minimum Gasteiger partial charge on any atom is -0.373 e. The van der Waals surface area contributed by atoms with Gasteiger partial charge in [-0.3, -0.25) is 9.69 Å². The Bertz CT molecular complexity index is 680. The van der Waals surface area contributed by atoms with Crippen molar-refractivity contribution in [1.82, 2.24) is 9.80 Å². The average Bonchev–Trinajstić information content (AvgIpc) is 2.69. The van der Waals surface area contributed by atoms with Crippen LogP contribution in [0.1, 0.15) is 30.0 Å². The molecule has 3 rings (SSSR count). The van der Waals surface area contributed by atoms with Crippen LogP contribution < -0.4 is 0 Å². The lowest BCUT2D eigenvalue weighted by Gasteiger charge is -2.37. The van der Waals surface area contributed by atoms with Gasteiger partial charge in [-0.15, -0.1) is 0 Å². The number of amides is 1. The summed E-state index contributed by atoms with van der Waals surface area (Å²) in [7, 11) is 3.65. The molecule has 0 aromatic heterocycles. The summed E-state index contributed by atoms with van der Waals surface area (Å²) < 4.78 is 6.09. The number of ether oxygens (including phenoxy) is 1. The maximum atomic E-state index is 12.8. The Morgan fingerprint density at radius 2 is 1.62 bits per heavy atom. The van der Waals surface area contributed by atoms with Crippen molar-refractivity contribution in [2.45, 2.75) is 31.6 Å². The van der Waals surface area contributed by atoms with Crippen LogP contribution >= 0.6 is 0 Å². The Kier molecular flexibility index (Phi) is 6.42. The second-order valence-electron chi connectivity index (χ2n) is 7.08. The standard InChI is InChI=1S/C22H28N2O2/c1-23(2)22(25)21(19-11-7-4-8-12-19)24-15-13-20(14-16-24)26-17-18-9-5-3-6-10-18/h3-12,20-21H,13-17H2,1-2H3/t21-/m0/s1. The van der Waals surface area contributed by atoms with E-state index in [9.17, 15) is 4.79 Å². The molecule has 0 bridgehead atoms. The Morgan fingerprint density at radius 1 is 1.04 bits per heavy atom. The summed E-state index contributed by atoms with van der Waals surface area (Å²) in [6, 6.07) is 20.2. The van der Waals surface area contributed by atoms with Gasteiger partial charge >= 0.3 is 0 Å². The van der Waals surface area contributed by atoms with Crippen molar-refractivity contribution in [3.63, 3.8) is 0 Å². The van der Waals surface area contributed by atoms with Crippen molar-refractivity contribution in [2.75, 3.05) is 27.2 Å². The predicted octanol–water partition coefficient (Wildman–Crippen LogP) is 3.50. The van der Waals surface area contributed by atoms with Crippen LogP contribution in [-0.4, -0.2) is 49.0 Å². The van der Waals surface area contributed by atoms with Gasteiger partial charge in [-0.25, -0.2) is 0 Å². The summed E-state index contributed by atoms with van der Waals surface area (Å²) in [5.41, 5.74) is 2.27. The van der Waals surface area contributed by atoms with Crippen molar-refractivity contribution in [1.29, 1.82) is 0 Å². The number of likely N-dealkylation sites (tertiary alicyclic amines) is 1. The molecular weight excluding hydrogens is 324 g/mol. The first-order chi connectivity index (χ1) is 12.6. The molecule has 2 aromatic rings. The molecule has 26 heavy (non-hydrogen) atoms. The van der Waals surface area contributed by atoms with Crippen LogP contribution in [-0.2, 0) is 16.1 Å². The zero-order valence-electron chi connectivity index (χ0n) is 15.7. The Labute approximate surface area is 156 Å². The first kappa shape index (κ1) is 18.6. The fraction of sp³-hybridized carbons (Fsp3) is 0.409. The molecule has 1 amide bonds. The Hall–Kier alpha value is -2.17. The van der Waals surface area contributed by atoms with E-state index in [4.69, 9.17) is 4.74 Å². The lowest BCUT2D eigenvalue weighted by molar-refractivity contribution is -0.136.